The lowest BCUT2D eigenvalue weighted by Gasteiger charge is -2.52. The second kappa shape index (κ2) is 8.82. The van der Waals surface area contributed by atoms with Gasteiger partial charge in [-0.05, 0) is 67.6 Å². The van der Waals surface area contributed by atoms with Crippen LogP contribution in [0.5, 0.6) is 0 Å². The van der Waals surface area contributed by atoms with Crippen molar-refractivity contribution in [2.45, 2.75) is 56.9 Å². The van der Waals surface area contributed by atoms with Crippen LogP contribution in [0.15, 0.2) is 91.0 Å². The lowest BCUT2D eigenvalue weighted by Crippen LogP contribution is -2.51. The summed E-state index contributed by atoms with van der Waals surface area (Å²) in [6.45, 7) is 9.32. The van der Waals surface area contributed by atoms with Crippen LogP contribution >= 0.6 is 30.6 Å². The van der Waals surface area contributed by atoms with Gasteiger partial charge in [-0.2, -0.15) is 0 Å². The molecule has 0 amide bonds. The van der Waals surface area contributed by atoms with Crippen molar-refractivity contribution in [2.24, 2.45) is 0 Å². The molecule has 3 aliphatic rings. The van der Waals surface area contributed by atoms with Crippen LogP contribution in [0, 0.1) is 0 Å². The van der Waals surface area contributed by atoms with E-state index in [0.717, 1.165) is 6.04 Å². The Kier molecular flexibility index (Phi) is 5.98. The Bertz CT molecular complexity index is 1320. The molecule has 0 nitrogen and oxygen atoms in total. The normalized spacial score (nSPS) is 19.8. The first-order valence-electron chi connectivity index (χ1n) is 13.1. The zero-order valence-electron chi connectivity index (χ0n) is 21.4. The average Bonchev–Trinajstić information content (AvgIpc) is 2.88. The monoisotopic (exact) mass is 614 g/mol. The van der Waals surface area contributed by atoms with Crippen LogP contribution < -0.4 is 5.19 Å². The standard InChI is InChI=1S/C33H32Br2Si/c1-21(2)23-15-11-16-24(22(3)4)32(23)36(34,35)20-33-28-17-8-5-12-25(28)31(26-13-6-9-18-29(26)33)27-14-7-10-19-30(27)33/h5-19,21-22,31H,20H2,1-4H3. The van der Waals surface area contributed by atoms with Crippen LogP contribution in [0.3, 0.4) is 0 Å². The predicted molar refractivity (Wildman–Crippen MR) is 163 cm³/mol. The molecule has 2 bridgehead atoms. The van der Waals surface area contributed by atoms with Gasteiger partial charge in [0.1, 0.15) is 0 Å². The maximum atomic E-state index is 4.47. The van der Waals surface area contributed by atoms with E-state index in [-0.39, 0.29) is 5.41 Å². The summed E-state index contributed by atoms with van der Waals surface area (Å²) >= 11 is 8.94. The van der Waals surface area contributed by atoms with Crippen molar-refractivity contribution in [3.63, 3.8) is 0 Å². The van der Waals surface area contributed by atoms with Gasteiger partial charge >= 0.3 is 0 Å². The van der Waals surface area contributed by atoms with Gasteiger partial charge in [0.25, 0.3) is 0 Å². The van der Waals surface area contributed by atoms with Crippen LogP contribution in [-0.2, 0) is 5.41 Å². The molecule has 0 aromatic heterocycles. The van der Waals surface area contributed by atoms with Crippen LogP contribution in [0.4, 0.5) is 0 Å². The first-order valence-corrected chi connectivity index (χ1v) is 19.8. The summed E-state index contributed by atoms with van der Waals surface area (Å²) in [7, 11) is 0. The lowest BCUT2D eigenvalue weighted by atomic mass is 9.53. The minimum atomic E-state index is -2.33. The van der Waals surface area contributed by atoms with Crippen LogP contribution in [0.25, 0.3) is 0 Å². The molecule has 0 unspecified atom stereocenters. The van der Waals surface area contributed by atoms with Gasteiger partial charge in [-0.1, -0.05) is 119 Å². The molecule has 4 aromatic rings. The van der Waals surface area contributed by atoms with Crippen LogP contribution in [-0.4, -0.2) is 5.31 Å². The highest BCUT2D eigenvalue weighted by atomic mass is 79.9. The highest BCUT2D eigenvalue weighted by Gasteiger charge is 2.55. The number of halogens is 2. The minimum absolute atomic E-state index is 0.198. The average molecular weight is 617 g/mol. The quantitative estimate of drug-likeness (QED) is 0.155. The van der Waals surface area contributed by atoms with Gasteiger partial charge in [0.2, 0.25) is 5.31 Å². The molecular formula is C33H32Br2Si. The zero-order valence-corrected chi connectivity index (χ0v) is 25.5. The topological polar surface area (TPSA) is 0 Å². The van der Waals surface area contributed by atoms with Crippen molar-refractivity contribution in [1.82, 2.24) is 0 Å². The summed E-state index contributed by atoms with van der Waals surface area (Å²) in [6.07, 6.45) is 0. The number of rotatable bonds is 5. The molecule has 4 aromatic carbocycles. The van der Waals surface area contributed by atoms with Crippen molar-refractivity contribution in [2.75, 3.05) is 0 Å². The molecule has 0 aliphatic heterocycles. The third-order valence-corrected chi connectivity index (χ3v) is 14.8. The van der Waals surface area contributed by atoms with E-state index in [2.05, 4.69) is 149 Å². The van der Waals surface area contributed by atoms with E-state index in [9.17, 15) is 0 Å². The van der Waals surface area contributed by atoms with Gasteiger partial charge in [0, 0.05) is 11.3 Å². The highest BCUT2D eigenvalue weighted by Crippen LogP contribution is 2.62. The molecule has 3 aliphatic carbocycles. The fourth-order valence-electron chi connectivity index (χ4n) is 7.03. The summed E-state index contributed by atoms with van der Waals surface area (Å²) in [5, 5.41) is -0.799. The van der Waals surface area contributed by atoms with E-state index < -0.39 is 5.31 Å². The number of hydrogen-bond donors (Lipinski definition) is 0. The molecular weight excluding hydrogens is 584 g/mol. The van der Waals surface area contributed by atoms with Gasteiger partial charge in [0.05, 0.1) is 0 Å². The largest absolute Gasteiger partial charge is 0.232 e. The molecule has 0 fully saturated rings. The van der Waals surface area contributed by atoms with E-state index in [1.54, 1.807) is 0 Å². The van der Waals surface area contributed by atoms with E-state index in [1.807, 2.05) is 0 Å². The van der Waals surface area contributed by atoms with E-state index >= 15 is 0 Å². The third-order valence-electron chi connectivity index (χ3n) is 8.42. The maximum Gasteiger partial charge on any atom is 0.232 e. The summed E-state index contributed by atoms with van der Waals surface area (Å²) < 4.78 is 0. The fraction of sp³-hybridized carbons (Fsp3) is 0.273. The Balaban J connectivity index is 1.67. The Morgan fingerprint density at radius 1 is 0.611 bits per heavy atom. The minimum Gasteiger partial charge on any atom is -0.105 e. The fourth-order valence-corrected chi connectivity index (χ4v) is 15.3. The summed E-state index contributed by atoms with van der Waals surface area (Å²) in [6, 6.07) is 35.6. The molecule has 0 N–H and O–H groups in total. The first-order chi connectivity index (χ1) is 17.3. The first kappa shape index (κ1) is 24.4. The van der Waals surface area contributed by atoms with Gasteiger partial charge in [-0.25, -0.2) is 0 Å². The summed E-state index contributed by atoms with van der Waals surface area (Å²) in [4.78, 5) is 0. The van der Waals surface area contributed by atoms with E-state index in [0.29, 0.717) is 17.8 Å². The van der Waals surface area contributed by atoms with Crippen LogP contribution in [0.2, 0.25) is 6.04 Å². The zero-order chi connectivity index (χ0) is 25.2. The molecule has 0 heterocycles. The van der Waals surface area contributed by atoms with Crippen molar-refractivity contribution < 1.29 is 0 Å². The Morgan fingerprint density at radius 3 is 1.39 bits per heavy atom. The Hall–Kier alpha value is -1.94. The van der Waals surface area contributed by atoms with Crippen molar-refractivity contribution >= 4 is 41.1 Å². The summed E-state index contributed by atoms with van der Waals surface area (Å²) in [5.41, 5.74) is 11.6. The SMILES string of the molecule is CC(C)c1cccc(C(C)C)c1[Si](Br)(Br)CC12c3ccccc3C(c3ccccc31)c1ccccc12. The molecule has 0 atom stereocenters. The molecule has 182 valence electrons. The van der Waals surface area contributed by atoms with Crippen LogP contribution in [0.1, 0.15) is 90.0 Å². The van der Waals surface area contributed by atoms with Gasteiger partial charge in [-0.15, -0.1) is 30.6 Å². The molecule has 7 rings (SSSR count). The van der Waals surface area contributed by atoms with E-state index in [4.69, 9.17) is 0 Å². The second-order valence-electron chi connectivity index (χ2n) is 11.1. The third kappa shape index (κ3) is 3.42. The Labute approximate surface area is 232 Å². The van der Waals surface area contributed by atoms with Gasteiger partial charge in [0.15, 0.2) is 0 Å². The molecule has 36 heavy (non-hydrogen) atoms. The Morgan fingerprint density at radius 2 is 1.00 bits per heavy atom. The molecule has 0 saturated heterocycles. The molecule has 0 spiro atoms. The predicted octanol–water partition coefficient (Wildman–Crippen LogP) is 9.21. The molecule has 0 saturated carbocycles. The van der Waals surface area contributed by atoms with Crippen molar-refractivity contribution in [3.8, 4) is 0 Å². The number of benzene rings is 4. The number of hydrogen-bond acceptors (Lipinski definition) is 0. The second-order valence-corrected chi connectivity index (χ2v) is 24.7. The lowest BCUT2D eigenvalue weighted by molar-refractivity contribution is 0.590. The van der Waals surface area contributed by atoms with E-state index in [1.165, 1.54) is 49.7 Å². The molecule has 0 radical (unpaired) electrons. The molecule has 3 heteroatoms. The summed E-state index contributed by atoms with van der Waals surface area (Å²) in [5.74, 6) is 1.24. The van der Waals surface area contributed by atoms with Gasteiger partial charge in [-0.3, -0.25) is 0 Å². The highest BCUT2D eigenvalue weighted by molar-refractivity contribution is 9.51. The van der Waals surface area contributed by atoms with Crippen molar-refractivity contribution in [3.05, 3.63) is 136 Å². The maximum absolute atomic E-state index is 4.47. The van der Waals surface area contributed by atoms with Crippen molar-refractivity contribution in [1.29, 1.82) is 0 Å². The van der Waals surface area contributed by atoms with Gasteiger partial charge < -0.3 is 0 Å². The smallest absolute Gasteiger partial charge is 0.105 e.